The van der Waals surface area contributed by atoms with Crippen LogP contribution in [0.3, 0.4) is 0 Å². The van der Waals surface area contributed by atoms with Gasteiger partial charge in [0.05, 0.1) is 11.8 Å². The lowest BCUT2D eigenvalue weighted by Crippen LogP contribution is -2.48. The first kappa shape index (κ1) is 19.3. The van der Waals surface area contributed by atoms with Crippen LogP contribution in [0.25, 0.3) is 11.1 Å². The lowest BCUT2D eigenvalue weighted by molar-refractivity contribution is -0.122. The van der Waals surface area contributed by atoms with Crippen LogP contribution in [0.4, 0.5) is 0 Å². The number of aromatic nitrogens is 3. The van der Waals surface area contributed by atoms with Crippen molar-refractivity contribution in [3.8, 4) is 11.1 Å². The molecule has 7 nitrogen and oxygen atoms in total. The van der Waals surface area contributed by atoms with E-state index in [4.69, 9.17) is 0 Å². The Kier molecular flexibility index (Phi) is 4.83. The fourth-order valence-corrected chi connectivity index (χ4v) is 5.29. The van der Waals surface area contributed by atoms with Crippen molar-refractivity contribution in [1.29, 1.82) is 0 Å². The maximum atomic E-state index is 13.4. The summed E-state index contributed by atoms with van der Waals surface area (Å²) >= 11 is 0. The lowest BCUT2D eigenvalue weighted by Gasteiger charge is -2.39. The van der Waals surface area contributed by atoms with Gasteiger partial charge in [-0.2, -0.15) is 5.10 Å². The van der Waals surface area contributed by atoms with Crippen LogP contribution < -0.4 is 5.32 Å². The quantitative estimate of drug-likeness (QED) is 0.826. The van der Waals surface area contributed by atoms with E-state index in [-0.39, 0.29) is 29.8 Å². The Hall–Kier alpha value is -2.70. The van der Waals surface area contributed by atoms with Gasteiger partial charge in [-0.1, -0.05) is 6.92 Å². The van der Waals surface area contributed by atoms with Gasteiger partial charge in [0.25, 0.3) is 5.91 Å². The monoisotopic (exact) mass is 407 g/mol. The minimum Gasteiger partial charge on any atom is -0.356 e. The summed E-state index contributed by atoms with van der Waals surface area (Å²) in [5.74, 6) is 1.52. The van der Waals surface area contributed by atoms with Gasteiger partial charge in [-0.25, -0.2) is 0 Å². The Labute approximate surface area is 176 Å². The summed E-state index contributed by atoms with van der Waals surface area (Å²) in [6.07, 6.45) is 12.2. The van der Waals surface area contributed by atoms with Crippen molar-refractivity contribution in [2.24, 2.45) is 24.8 Å². The fraction of sp³-hybridized carbons (Fsp3) is 0.565. The Morgan fingerprint density at radius 3 is 2.47 bits per heavy atom. The van der Waals surface area contributed by atoms with Crippen molar-refractivity contribution in [1.82, 2.24) is 25.0 Å². The number of piperidine rings is 1. The predicted molar refractivity (Wildman–Crippen MR) is 112 cm³/mol. The molecule has 2 aromatic rings. The summed E-state index contributed by atoms with van der Waals surface area (Å²) in [6, 6.07) is 2.45. The number of nitrogens with zero attached hydrogens (tertiary/aromatic N) is 4. The van der Waals surface area contributed by atoms with Gasteiger partial charge in [0, 0.05) is 61.3 Å². The molecule has 1 unspecified atom stereocenters. The number of amides is 2. The third kappa shape index (κ3) is 3.61. The largest absolute Gasteiger partial charge is 0.356 e. The van der Waals surface area contributed by atoms with Crippen LogP contribution in [0.15, 0.2) is 30.9 Å². The maximum absolute atomic E-state index is 13.4. The molecule has 2 aliphatic heterocycles. The third-order valence-corrected chi connectivity index (χ3v) is 7.10. The highest BCUT2D eigenvalue weighted by Gasteiger charge is 2.44. The van der Waals surface area contributed by atoms with Crippen molar-refractivity contribution >= 4 is 11.8 Å². The zero-order valence-corrected chi connectivity index (χ0v) is 17.6. The van der Waals surface area contributed by atoms with Crippen LogP contribution in [-0.4, -0.2) is 50.1 Å². The molecule has 4 heterocycles. The zero-order valence-electron chi connectivity index (χ0n) is 17.6. The number of fused-ring (bicyclic) bond motifs is 2. The number of nitrogens with one attached hydrogen (secondary N) is 1. The van der Waals surface area contributed by atoms with E-state index < -0.39 is 0 Å². The highest BCUT2D eigenvalue weighted by molar-refractivity contribution is 5.95. The van der Waals surface area contributed by atoms with E-state index in [9.17, 15) is 9.59 Å². The van der Waals surface area contributed by atoms with Crippen molar-refractivity contribution < 1.29 is 9.59 Å². The van der Waals surface area contributed by atoms with Crippen LogP contribution in [0.2, 0.25) is 0 Å². The van der Waals surface area contributed by atoms with Gasteiger partial charge in [0.15, 0.2) is 0 Å². The van der Waals surface area contributed by atoms with Crippen molar-refractivity contribution in [2.75, 3.05) is 6.54 Å². The first-order chi connectivity index (χ1) is 14.5. The van der Waals surface area contributed by atoms with Gasteiger partial charge in [-0.3, -0.25) is 19.3 Å². The number of hydrogen-bond donors (Lipinski definition) is 1. The summed E-state index contributed by atoms with van der Waals surface area (Å²) < 4.78 is 1.75. The molecule has 30 heavy (non-hydrogen) atoms. The second-order valence-electron chi connectivity index (χ2n) is 9.36. The van der Waals surface area contributed by atoms with Gasteiger partial charge in [0.2, 0.25) is 5.91 Å². The number of pyridine rings is 1. The summed E-state index contributed by atoms with van der Waals surface area (Å²) in [4.78, 5) is 31.9. The number of hydrogen-bond acceptors (Lipinski definition) is 4. The molecule has 2 saturated heterocycles. The van der Waals surface area contributed by atoms with Gasteiger partial charge in [0.1, 0.15) is 0 Å². The number of rotatable bonds is 5. The van der Waals surface area contributed by atoms with E-state index in [1.165, 1.54) is 0 Å². The molecule has 3 aliphatic rings. The summed E-state index contributed by atoms with van der Waals surface area (Å²) in [7, 11) is 1.88. The van der Waals surface area contributed by atoms with Gasteiger partial charge >= 0.3 is 0 Å². The second kappa shape index (κ2) is 7.52. The molecular weight excluding hydrogens is 378 g/mol. The molecule has 5 atom stereocenters. The second-order valence-corrected chi connectivity index (χ2v) is 9.36. The molecule has 1 saturated carbocycles. The molecule has 158 valence electrons. The average Bonchev–Trinajstić information content (AvgIpc) is 3.22. The minimum absolute atomic E-state index is 0.0787. The molecule has 2 bridgehead atoms. The SMILES string of the molecule is C[C@@H]1C[C@H]1C(=O)NCC1C[C@H]2CC[C@@H](C1)N2C(=O)c1cncc(-c2cnn(C)c2)c1. The molecule has 0 radical (unpaired) electrons. The zero-order chi connectivity index (χ0) is 20.8. The molecule has 7 heteroatoms. The van der Waals surface area contributed by atoms with Crippen LogP contribution >= 0.6 is 0 Å². The van der Waals surface area contributed by atoms with Gasteiger partial charge < -0.3 is 10.2 Å². The molecule has 0 aromatic carbocycles. The lowest BCUT2D eigenvalue weighted by atomic mass is 9.90. The normalized spacial score (nSPS) is 29.7. The van der Waals surface area contributed by atoms with Crippen LogP contribution in [-0.2, 0) is 11.8 Å². The van der Waals surface area contributed by atoms with E-state index in [1.54, 1.807) is 23.3 Å². The topological polar surface area (TPSA) is 80.1 Å². The highest BCUT2D eigenvalue weighted by atomic mass is 16.2. The summed E-state index contributed by atoms with van der Waals surface area (Å²) in [5.41, 5.74) is 2.51. The molecule has 1 N–H and O–H groups in total. The number of carbonyl (C=O) groups is 2. The van der Waals surface area contributed by atoms with Crippen LogP contribution in [0.1, 0.15) is 49.4 Å². The maximum Gasteiger partial charge on any atom is 0.255 e. The predicted octanol–water partition coefficient (Wildman–Crippen LogP) is 2.64. The fourth-order valence-electron chi connectivity index (χ4n) is 5.29. The highest BCUT2D eigenvalue weighted by Crippen LogP contribution is 2.40. The van der Waals surface area contributed by atoms with Crippen molar-refractivity contribution in [2.45, 2.75) is 51.1 Å². The molecule has 3 fully saturated rings. The van der Waals surface area contributed by atoms with Crippen LogP contribution in [0, 0.1) is 17.8 Å². The molecular formula is C23H29N5O2. The standard InChI is InChI=1S/C23H29N5O2/c1-14-5-21(14)22(29)25-9-15-6-19-3-4-20(7-15)28(19)23(30)17-8-16(10-24-11-17)18-12-26-27(2)13-18/h8,10-15,19-21H,3-7,9H2,1-2H3,(H,25,29)/t14-,15?,19-,20+,21-/m1/s1. The van der Waals surface area contributed by atoms with E-state index in [1.807, 2.05) is 19.3 Å². The van der Waals surface area contributed by atoms with Gasteiger partial charge in [-0.15, -0.1) is 0 Å². The average molecular weight is 408 g/mol. The van der Waals surface area contributed by atoms with Gasteiger partial charge in [-0.05, 0) is 50.0 Å². The summed E-state index contributed by atoms with van der Waals surface area (Å²) in [6.45, 7) is 2.88. The molecule has 5 rings (SSSR count). The summed E-state index contributed by atoms with van der Waals surface area (Å²) in [5, 5.41) is 7.37. The van der Waals surface area contributed by atoms with E-state index in [0.717, 1.165) is 49.8 Å². The van der Waals surface area contributed by atoms with E-state index in [0.29, 0.717) is 17.4 Å². The van der Waals surface area contributed by atoms with Crippen molar-refractivity contribution in [3.05, 3.63) is 36.4 Å². The molecule has 2 amide bonds. The Bertz CT molecular complexity index is 956. The number of aryl methyl sites for hydroxylation is 1. The first-order valence-corrected chi connectivity index (χ1v) is 11.0. The van der Waals surface area contributed by atoms with Crippen molar-refractivity contribution in [3.63, 3.8) is 0 Å². The third-order valence-electron chi connectivity index (χ3n) is 7.10. The Morgan fingerprint density at radius 2 is 1.83 bits per heavy atom. The molecule has 2 aromatic heterocycles. The minimum atomic E-state index is 0.0787. The smallest absolute Gasteiger partial charge is 0.255 e. The van der Waals surface area contributed by atoms with Crippen LogP contribution in [0.5, 0.6) is 0 Å². The Balaban J connectivity index is 1.25. The molecule has 1 aliphatic carbocycles. The first-order valence-electron chi connectivity index (χ1n) is 11.0. The number of carbonyl (C=O) groups excluding carboxylic acids is 2. The van der Waals surface area contributed by atoms with E-state index >= 15 is 0 Å². The van der Waals surface area contributed by atoms with E-state index in [2.05, 4.69) is 27.2 Å². The Morgan fingerprint density at radius 1 is 1.10 bits per heavy atom. The molecule has 0 spiro atoms.